The lowest BCUT2D eigenvalue weighted by atomic mass is 9.93. The zero-order valence-corrected chi connectivity index (χ0v) is 17.6. The second kappa shape index (κ2) is 9.13. The van der Waals surface area contributed by atoms with E-state index in [4.69, 9.17) is 11.6 Å². The summed E-state index contributed by atoms with van der Waals surface area (Å²) >= 11 is 7.31. The van der Waals surface area contributed by atoms with Gasteiger partial charge in [-0.15, -0.1) is 5.10 Å². The maximum absolute atomic E-state index is 14.5. The Morgan fingerprint density at radius 1 is 1.03 bits per heavy atom. The molecule has 2 aromatic heterocycles. The Morgan fingerprint density at radius 3 is 2.52 bits per heavy atom. The highest BCUT2D eigenvalue weighted by atomic mass is 35.5. The van der Waals surface area contributed by atoms with Crippen LogP contribution in [0, 0.1) is 11.6 Å². The van der Waals surface area contributed by atoms with Crippen molar-refractivity contribution < 1.29 is 13.9 Å². The van der Waals surface area contributed by atoms with Gasteiger partial charge in [-0.2, -0.15) is 5.10 Å². The quantitative estimate of drug-likeness (QED) is 0.402. The van der Waals surface area contributed by atoms with Gasteiger partial charge in [0.05, 0.1) is 13.1 Å². The van der Waals surface area contributed by atoms with Crippen molar-refractivity contribution in [1.82, 2.24) is 29.5 Å². The Kier molecular flexibility index (Phi) is 6.30. The Morgan fingerprint density at radius 2 is 1.81 bits per heavy atom. The summed E-state index contributed by atoms with van der Waals surface area (Å²) < 4.78 is 30.7. The second-order valence-corrected chi connectivity index (χ2v) is 8.27. The average molecular weight is 463 g/mol. The van der Waals surface area contributed by atoms with Crippen LogP contribution in [0.3, 0.4) is 0 Å². The van der Waals surface area contributed by atoms with Crippen LogP contribution in [0.25, 0.3) is 0 Å². The number of hydrogen-bond donors (Lipinski definition) is 1. The summed E-state index contributed by atoms with van der Waals surface area (Å²) in [6, 6.07) is 10.5. The van der Waals surface area contributed by atoms with Gasteiger partial charge in [0.2, 0.25) is 5.16 Å². The fourth-order valence-electron chi connectivity index (χ4n) is 3.09. The van der Waals surface area contributed by atoms with E-state index in [1.807, 2.05) is 24.3 Å². The molecule has 11 heteroatoms. The third-order valence-corrected chi connectivity index (χ3v) is 5.72. The lowest BCUT2D eigenvalue weighted by molar-refractivity contribution is -0.00878. The number of halogens is 3. The maximum Gasteiger partial charge on any atom is 0.208 e. The highest BCUT2D eigenvalue weighted by molar-refractivity contribution is 7.98. The van der Waals surface area contributed by atoms with Crippen molar-refractivity contribution in [3.8, 4) is 0 Å². The Hall–Kier alpha value is -2.82. The highest BCUT2D eigenvalue weighted by Crippen LogP contribution is 2.29. The van der Waals surface area contributed by atoms with Gasteiger partial charge in [-0.3, -0.25) is 0 Å². The molecule has 0 saturated carbocycles. The van der Waals surface area contributed by atoms with E-state index in [1.54, 1.807) is 0 Å². The Bertz CT molecular complexity index is 1150. The van der Waals surface area contributed by atoms with E-state index in [2.05, 4.69) is 20.2 Å². The molecule has 0 radical (unpaired) electrons. The van der Waals surface area contributed by atoms with Crippen LogP contribution in [0.5, 0.6) is 0 Å². The molecule has 2 aromatic carbocycles. The largest absolute Gasteiger partial charge is 0.381 e. The number of benzene rings is 2. The van der Waals surface area contributed by atoms with Gasteiger partial charge in [0.15, 0.2) is 0 Å². The van der Waals surface area contributed by atoms with E-state index in [0.29, 0.717) is 15.9 Å². The van der Waals surface area contributed by atoms with Crippen LogP contribution < -0.4 is 0 Å². The van der Waals surface area contributed by atoms with E-state index in [9.17, 15) is 13.9 Å². The molecule has 1 atom stereocenters. The molecule has 0 aliphatic rings. The van der Waals surface area contributed by atoms with E-state index in [1.165, 1.54) is 46.2 Å². The van der Waals surface area contributed by atoms with Gasteiger partial charge in [-0.25, -0.2) is 28.1 Å². The van der Waals surface area contributed by atoms with Crippen molar-refractivity contribution in [2.75, 3.05) is 0 Å². The number of thioether (sulfide) groups is 1. The molecule has 0 aliphatic carbocycles. The van der Waals surface area contributed by atoms with Crippen LogP contribution in [-0.2, 0) is 24.4 Å². The molecule has 4 aromatic rings. The molecular formula is C20H17ClF2N6OS. The summed E-state index contributed by atoms with van der Waals surface area (Å²) in [5.74, 6) is -0.956. The standard InChI is InChI=1S/C20H17ClF2N6OS/c21-15-3-1-14(2-4-15)8-31-19-25-13-29(27-19)10-20(30,9-28-12-24-11-26-28)17-6-5-16(22)7-18(17)23/h1-7,11-13,30H,8-10H2. The number of rotatable bonds is 8. The van der Waals surface area contributed by atoms with Crippen molar-refractivity contribution in [2.45, 2.75) is 29.6 Å². The molecule has 4 rings (SSSR count). The summed E-state index contributed by atoms with van der Waals surface area (Å²) in [5, 5.41) is 20.9. The minimum atomic E-state index is -1.77. The molecule has 0 aliphatic heterocycles. The number of hydrogen-bond acceptors (Lipinski definition) is 6. The van der Waals surface area contributed by atoms with Crippen molar-refractivity contribution in [3.05, 3.63) is 89.2 Å². The van der Waals surface area contributed by atoms with Crippen molar-refractivity contribution in [1.29, 1.82) is 0 Å². The van der Waals surface area contributed by atoms with Crippen LogP contribution in [0.2, 0.25) is 5.02 Å². The Labute approximate surface area is 185 Å². The third-order valence-electron chi connectivity index (χ3n) is 4.54. The van der Waals surface area contributed by atoms with Gasteiger partial charge >= 0.3 is 0 Å². The highest BCUT2D eigenvalue weighted by Gasteiger charge is 2.34. The van der Waals surface area contributed by atoms with Crippen molar-refractivity contribution >= 4 is 23.4 Å². The van der Waals surface area contributed by atoms with Gasteiger partial charge in [-0.05, 0) is 23.8 Å². The topological polar surface area (TPSA) is 81.6 Å². The molecule has 1 unspecified atom stereocenters. The molecule has 0 saturated heterocycles. The van der Waals surface area contributed by atoms with E-state index < -0.39 is 17.2 Å². The summed E-state index contributed by atoms with van der Waals surface area (Å²) in [6.45, 7) is -0.230. The van der Waals surface area contributed by atoms with Crippen LogP contribution in [-0.4, -0.2) is 34.6 Å². The molecule has 2 heterocycles. The zero-order valence-electron chi connectivity index (χ0n) is 16.1. The molecule has 0 fully saturated rings. The summed E-state index contributed by atoms with van der Waals surface area (Å²) in [5.41, 5.74) is -0.783. The molecule has 7 nitrogen and oxygen atoms in total. The molecule has 160 valence electrons. The predicted octanol–water partition coefficient (Wildman–Crippen LogP) is 3.68. The molecule has 1 N–H and O–H groups in total. The van der Waals surface area contributed by atoms with Gasteiger partial charge < -0.3 is 5.11 Å². The normalized spacial score (nSPS) is 13.3. The van der Waals surface area contributed by atoms with Crippen molar-refractivity contribution in [2.24, 2.45) is 0 Å². The van der Waals surface area contributed by atoms with Crippen LogP contribution in [0.15, 0.2) is 66.6 Å². The minimum absolute atomic E-state index is 0.0738. The number of aromatic nitrogens is 6. The van der Waals surface area contributed by atoms with Gasteiger partial charge in [0.1, 0.15) is 36.2 Å². The van der Waals surface area contributed by atoms with Gasteiger partial charge in [0, 0.05) is 22.4 Å². The van der Waals surface area contributed by atoms with Crippen molar-refractivity contribution in [3.63, 3.8) is 0 Å². The van der Waals surface area contributed by atoms with Crippen LogP contribution in [0.4, 0.5) is 8.78 Å². The monoisotopic (exact) mass is 462 g/mol. The fourth-order valence-corrected chi connectivity index (χ4v) is 3.98. The van der Waals surface area contributed by atoms with Crippen LogP contribution >= 0.6 is 23.4 Å². The Balaban J connectivity index is 1.53. The summed E-state index contributed by atoms with van der Waals surface area (Å²) in [7, 11) is 0. The van der Waals surface area contributed by atoms with Gasteiger partial charge in [-0.1, -0.05) is 41.6 Å². The summed E-state index contributed by atoms with van der Waals surface area (Å²) in [4.78, 5) is 8.10. The SMILES string of the molecule is OC(Cn1cncn1)(Cn1cnc(SCc2ccc(Cl)cc2)n1)c1ccc(F)cc1F. The lowest BCUT2D eigenvalue weighted by Crippen LogP contribution is -2.37. The molecule has 0 spiro atoms. The zero-order chi connectivity index (χ0) is 21.8. The molecule has 0 bridgehead atoms. The predicted molar refractivity (Wildman–Crippen MR) is 111 cm³/mol. The van der Waals surface area contributed by atoms with Crippen LogP contribution in [0.1, 0.15) is 11.1 Å². The molecule has 0 amide bonds. The van der Waals surface area contributed by atoms with E-state index >= 15 is 0 Å². The lowest BCUT2D eigenvalue weighted by Gasteiger charge is -2.28. The average Bonchev–Trinajstić information content (AvgIpc) is 3.39. The first-order valence-corrected chi connectivity index (χ1v) is 10.5. The fraction of sp³-hybridized carbons (Fsp3) is 0.200. The van der Waals surface area contributed by atoms with Gasteiger partial charge in [0.25, 0.3) is 0 Å². The second-order valence-electron chi connectivity index (χ2n) is 6.89. The third kappa shape index (κ3) is 5.27. The smallest absolute Gasteiger partial charge is 0.208 e. The first-order valence-electron chi connectivity index (χ1n) is 9.18. The van der Waals surface area contributed by atoms with E-state index in [-0.39, 0.29) is 18.7 Å². The van der Waals surface area contributed by atoms with E-state index in [0.717, 1.165) is 17.7 Å². The first-order chi connectivity index (χ1) is 14.9. The maximum atomic E-state index is 14.5. The number of aliphatic hydroxyl groups is 1. The minimum Gasteiger partial charge on any atom is -0.381 e. The number of nitrogens with zero attached hydrogens (tertiary/aromatic N) is 6. The summed E-state index contributed by atoms with van der Waals surface area (Å²) in [6.07, 6.45) is 4.17. The molecule has 31 heavy (non-hydrogen) atoms. The first kappa shape index (κ1) is 21.4. The molecular weight excluding hydrogens is 446 g/mol.